The summed E-state index contributed by atoms with van der Waals surface area (Å²) in [5, 5.41) is 0. The number of furan rings is 1. The van der Waals surface area contributed by atoms with Crippen LogP contribution >= 0.6 is 0 Å². The molecule has 1 unspecified atom stereocenters. The maximum absolute atomic E-state index is 11.1. The van der Waals surface area contributed by atoms with Gasteiger partial charge in [0.15, 0.2) is 11.9 Å². The number of hydrogen-bond acceptors (Lipinski definition) is 3. The van der Waals surface area contributed by atoms with Crippen molar-refractivity contribution in [2.45, 2.75) is 19.4 Å². The molecule has 3 heteroatoms. The Balaban J connectivity index is 2.23. The Hall–Kier alpha value is -1.51. The van der Waals surface area contributed by atoms with Crippen LogP contribution in [0.2, 0.25) is 0 Å². The molecule has 0 aliphatic carbocycles. The fourth-order valence-electron chi connectivity index (χ4n) is 1.38. The van der Waals surface area contributed by atoms with E-state index in [1.165, 1.54) is 12.3 Å². The van der Waals surface area contributed by atoms with E-state index in [0.717, 1.165) is 11.3 Å². The van der Waals surface area contributed by atoms with Crippen LogP contribution in [-0.2, 0) is 9.53 Å². The Bertz CT molecular complexity index is 349. The minimum Gasteiger partial charge on any atom is -0.489 e. The van der Waals surface area contributed by atoms with Crippen LogP contribution in [0, 0.1) is 6.92 Å². The van der Waals surface area contributed by atoms with Crippen molar-refractivity contribution in [2.24, 2.45) is 0 Å². The summed E-state index contributed by atoms with van der Waals surface area (Å²) in [5.74, 6) is 0.824. The van der Waals surface area contributed by atoms with Gasteiger partial charge in [0.05, 0.1) is 18.9 Å². The van der Waals surface area contributed by atoms with Gasteiger partial charge in [0.1, 0.15) is 5.76 Å². The lowest BCUT2D eigenvalue weighted by Gasteiger charge is -2.16. The minimum absolute atomic E-state index is 0.0760. The summed E-state index contributed by atoms with van der Waals surface area (Å²) in [6, 6.07) is 1.86. The molecule has 0 bridgehead atoms. The molecule has 1 aromatic rings. The zero-order chi connectivity index (χ0) is 9.26. The maximum atomic E-state index is 11.1. The van der Waals surface area contributed by atoms with Gasteiger partial charge in [0.25, 0.3) is 0 Å². The summed E-state index contributed by atoms with van der Waals surface area (Å²) >= 11 is 0. The highest BCUT2D eigenvalue weighted by atomic mass is 16.5. The molecule has 2 heterocycles. The zero-order valence-electron chi connectivity index (χ0n) is 7.32. The molecule has 0 amide bonds. The van der Waals surface area contributed by atoms with E-state index in [-0.39, 0.29) is 11.9 Å². The third-order valence-electron chi connectivity index (χ3n) is 2.08. The van der Waals surface area contributed by atoms with Crippen LogP contribution < -0.4 is 0 Å². The van der Waals surface area contributed by atoms with E-state index in [1.54, 1.807) is 6.26 Å². The SMILES string of the molecule is Cc1ccoc1C1CC(=O)C=CO1. The van der Waals surface area contributed by atoms with Gasteiger partial charge in [-0.15, -0.1) is 0 Å². The van der Waals surface area contributed by atoms with E-state index in [4.69, 9.17) is 9.15 Å². The molecule has 0 aromatic carbocycles. The Morgan fingerprint density at radius 1 is 1.54 bits per heavy atom. The van der Waals surface area contributed by atoms with Crippen LogP contribution in [0.3, 0.4) is 0 Å². The number of rotatable bonds is 1. The number of hydrogen-bond donors (Lipinski definition) is 0. The van der Waals surface area contributed by atoms with E-state index in [9.17, 15) is 4.79 Å². The normalized spacial score (nSPS) is 21.6. The fourth-order valence-corrected chi connectivity index (χ4v) is 1.38. The van der Waals surface area contributed by atoms with Gasteiger partial charge in [0, 0.05) is 6.08 Å². The van der Waals surface area contributed by atoms with Gasteiger partial charge in [-0.05, 0) is 18.6 Å². The molecule has 1 aliphatic rings. The summed E-state index contributed by atoms with van der Waals surface area (Å²) < 4.78 is 10.5. The van der Waals surface area contributed by atoms with E-state index in [0.29, 0.717) is 6.42 Å². The largest absolute Gasteiger partial charge is 0.489 e. The third kappa shape index (κ3) is 1.49. The monoisotopic (exact) mass is 178 g/mol. The molecule has 1 aromatic heterocycles. The predicted octanol–water partition coefficient (Wildman–Crippen LogP) is 2.13. The number of carbonyl (C=O) groups is 1. The molecule has 0 spiro atoms. The third-order valence-corrected chi connectivity index (χ3v) is 2.08. The number of aryl methyl sites for hydroxylation is 1. The molecule has 0 fully saturated rings. The second kappa shape index (κ2) is 3.09. The predicted molar refractivity (Wildman–Crippen MR) is 46.0 cm³/mol. The van der Waals surface area contributed by atoms with Crippen molar-refractivity contribution in [3.63, 3.8) is 0 Å². The van der Waals surface area contributed by atoms with Crippen molar-refractivity contribution < 1.29 is 13.9 Å². The van der Waals surface area contributed by atoms with E-state index in [1.807, 2.05) is 13.0 Å². The molecule has 3 nitrogen and oxygen atoms in total. The van der Waals surface area contributed by atoms with Crippen LogP contribution in [0.1, 0.15) is 23.8 Å². The first-order chi connectivity index (χ1) is 6.27. The van der Waals surface area contributed by atoms with Crippen LogP contribution in [0.4, 0.5) is 0 Å². The van der Waals surface area contributed by atoms with Crippen LogP contribution in [0.15, 0.2) is 29.1 Å². The molecule has 68 valence electrons. The van der Waals surface area contributed by atoms with Crippen molar-refractivity contribution in [3.05, 3.63) is 36.0 Å². The molecule has 1 aliphatic heterocycles. The molecule has 1 atom stereocenters. The Labute approximate surface area is 76.0 Å². The van der Waals surface area contributed by atoms with Gasteiger partial charge < -0.3 is 9.15 Å². The first-order valence-corrected chi connectivity index (χ1v) is 4.16. The van der Waals surface area contributed by atoms with E-state index >= 15 is 0 Å². The van der Waals surface area contributed by atoms with Crippen LogP contribution in [0.25, 0.3) is 0 Å². The second-order valence-electron chi connectivity index (χ2n) is 3.07. The van der Waals surface area contributed by atoms with Crippen molar-refractivity contribution in [3.8, 4) is 0 Å². The van der Waals surface area contributed by atoms with Gasteiger partial charge in [-0.1, -0.05) is 0 Å². The van der Waals surface area contributed by atoms with Crippen molar-refractivity contribution in [2.75, 3.05) is 0 Å². The lowest BCUT2D eigenvalue weighted by atomic mass is 10.1. The summed E-state index contributed by atoms with van der Waals surface area (Å²) in [5.41, 5.74) is 1.02. The lowest BCUT2D eigenvalue weighted by Crippen LogP contribution is -2.11. The highest BCUT2D eigenvalue weighted by molar-refractivity contribution is 5.90. The van der Waals surface area contributed by atoms with E-state index < -0.39 is 0 Å². The zero-order valence-corrected chi connectivity index (χ0v) is 7.32. The highest BCUT2D eigenvalue weighted by Gasteiger charge is 2.22. The van der Waals surface area contributed by atoms with Gasteiger partial charge in [-0.3, -0.25) is 4.79 Å². The van der Waals surface area contributed by atoms with Crippen molar-refractivity contribution >= 4 is 5.78 Å². The van der Waals surface area contributed by atoms with Crippen LogP contribution in [0.5, 0.6) is 0 Å². The Kier molecular flexibility index (Phi) is 1.93. The molecule has 0 radical (unpaired) electrons. The smallest absolute Gasteiger partial charge is 0.163 e. The number of carbonyl (C=O) groups excluding carboxylic acids is 1. The van der Waals surface area contributed by atoms with Gasteiger partial charge in [-0.25, -0.2) is 0 Å². The van der Waals surface area contributed by atoms with Crippen LogP contribution in [-0.4, -0.2) is 5.78 Å². The number of ketones is 1. The van der Waals surface area contributed by atoms with Gasteiger partial charge in [-0.2, -0.15) is 0 Å². The van der Waals surface area contributed by atoms with Crippen molar-refractivity contribution in [1.82, 2.24) is 0 Å². The Morgan fingerprint density at radius 2 is 2.38 bits per heavy atom. The quantitative estimate of drug-likeness (QED) is 0.661. The van der Waals surface area contributed by atoms with E-state index in [2.05, 4.69) is 0 Å². The number of allylic oxidation sites excluding steroid dienone is 1. The number of ether oxygens (including phenoxy) is 1. The molecule has 0 saturated carbocycles. The van der Waals surface area contributed by atoms with Gasteiger partial charge in [0.2, 0.25) is 0 Å². The molecule has 2 rings (SSSR count). The fraction of sp³-hybridized carbons (Fsp3) is 0.300. The average molecular weight is 178 g/mol. The molecule has 0 N–H and O–H groups in total. The molecule has 13 heavy (non-hydrogen) atoms. The summed E-state index contributed by atoms with van der Waals surface area (Å²) in [7, 11) is 0. The molecule has 0 saturated heterocycles. The minimum atomic E-state index is -0.243. The first kappa shape index (κ1) is 8.10. The second-order valence-corrected chi connectivity index (χ2v) is 3.07. The summed E-state index contributed by atoms with van der Waals surface area (Å²) in [6.45, 7) is 1.94. The Morgan fingerprint density at radius 3 is 3.00 bits per heavy atom. The molecular weight excluding hydrogens is 168 g/mol. The molecular formula is C10H10O3. The highest BCUT2D eigenvalue weighted by Crippen LogP contribution is 2.27. The van der Waals surface area contributed by atoms with Gasteiger partial charge >= 0.3 is 0 Å². The maximum Gasteiger partial charge on any atom is 0.163 e. The van der Waals surface area contributed by atoms with Crippen molar-refractivity contribution in [1.29, 1.82) is 0 Å². The first-order valence-electron chi connectivity index (χ1n) is 4.16. The topological polar surface area (TPSA) is 39.4 Å². The average Bonchev–Trinajstić information content (AvgIpc) is 2.51. The summed E-state index contributed by atoms with van der Waals surface area (Å²) in [6.07, 6.45) is 4.60. The summed E-state index contributed by atoms with van der Waals surface area (Å²) in [4.78, 5) is 11.1. The lowest BCUT2D eigenvalue weighted by molar-refractivity contribution is -0.118. The standard InChI is InChI=1S/C10H10O3/c1-7-2-4-13-10(7)9-6-8(11)3-5-12-9/h2-5,9H,6H2,1H3.